The van der Waals surface area contributed by atoms with Gasteiger partial charge in [0.15, 0.2) is 0 Å². The number of amides is 1. The van der Waals surface area contributed by atoms with Gasteiger partial charge in [0.25, 0.3) is 0 Å². The number of carbonyl (C=O) groups excluding carboxylic acids is 1. The second-order valence-electron chi connectivity index (χ2n) is 5.96. The van der Waals surface area contributed by atoms with E-state index in [9.17, 15) is 9.90 Å². The topological polar surface area (TPSA) is 52.6 Å². The van der Waals surface area contributed by atoms with E-state index in [2.05, 4.69) is 12.2 Å². The second-order valence-corrected chi connectivity index (χ2v) is 5.96. The SMILES string of the molecule is CC(Nc1ccc(N2CCCC2=O)cc1)c1cccc(CO)c1. The Morgan fingerprint density at radius 3 is 2.65 bits per heavy atom. The number of hydrogen-bond donors (Lipinski definition) is 2. The Kier molecular flexibility index (Phi) is 4.63. The maximum atomic E-state index is 11.8. The number of hydrogen-bond acceptors (Lipinski definition) is 3. The van der Waals surface area contributed by atoms with Crippen LogP contribution in [0.5, 0.6) is 0 Å². The molecule has 2 aromatic carbocycles. The Bertz CT molecular complexity index is 682. The van der Waals surface area contributed by atoms with Gasteiger partial charge in [0, 0.05) is 30.4 Å². The van der Waals surface area contributed by atoms with Crippen LogP contribution in [0.3, 0.4) is 0 Å². The molecule has 0 spiro atoms. The lowest BCUT2D eigenvalue weighted by Gasteiger charge is -2.19. The Morgan fingerprint density at radius 2 is 2.00 bits per heavy atom. The first kappa shape index (κ1) is 15.6. The summed E-state index contributed by atoms with van der Waals surface area (Å²) in [6, 6.07) is 16.1. The van der Waals surface area contributed by atoms with Gasteiger partial charge in [-0.1, -0.05) is 24.3 Å². The maximum Gasteiger partial charge on any atom is 0.227 e. The quantitative estimate of drug-likeness (QED) is 0.889. The Hall–Kier alpha value is -2.33. The van der Waals surface area contributed by atoms with Gasteiger partial charge in [-0.15, -0.1) is 0 Å². The van der Waals surface area contributed by atoms with Crippen LogP contribution in [0.25, 0.3) is 0 Å². The summed E-state index contributed by atoms with van der Waals surface area (Å²) in [6.07, 6.45) is 1.59. The lowest BCUT2D eigenvalue weighted by atomic mass is 10.1. The summed E-state index contributed by atoms with van der Waals surface area (Å²) >= 11 is 0. The summed E-state index contributed by atoms with van der Waals surface area (Å²) in [6.45, 7) is 2.96. The van der Waals surface area contributed by atoms with E-state index in [0.717, 1.165) is 35.5 Å². The molecule has 0 bridgehead atoms. The fraction of sp³-hybridized carbons (Fsp3) is 0.316. The number of nitrogens with zero attached hydrogens (tertiary/aromatic N) is 1. The van der Waals surface area contributed by atoms with Crippen LogP contribution >= 0.6 is 0 Å². The minimum Gasteiger partial charge on any atom is -0.392 e. The van der Waals surface area contributed by atoms with Crippen molar-refractivity contribution in [3.63, 3.8) is 0 Å². The van der Waals surface area contributed by atoms with E-state index in [1.54, 1.807) is 0 Å². The van der Waals surface area contributed by atoms with Gasteiger partial charge in [0.05, 0.1) is 6.61 Å². The lowest BCUT2D eigenvalue weighted by molar-refractivity contribution is -0.117. The van der Waals surface area contributed by atoms with Crippen molar-refractivity contribution in [1.82, 2.24) is 0 Å². The normalized spacial score (nSPS) is 15.7. The summed E-state index contributed by atoms with van der Waals surface area (Å²) in [4.78, 5) is 13.6. The third-order valence-corrected chi connectivity index (χ3v) is 4.27. The van der Waals surface area contributed by atoms with Crippen LogP contribution in [0.4, 0.5) is 11.4 Å². The highest BCUT2D eigenvalue weighted by molar-refractivity contribution is 5.95. The molecule has 0 radical (unpaired) electrons. The van der Waals surface area contributed by atoms with Gasteiger partial charge in [-0.05, 0) is 48.7 Å². The van der Waals surface area contributed by atoms with E-state index in [1.165, 1.54) is 0 Å². The molecule has 120 valence electrons. The van der Waals surface area contributed by atoms with E-state index >= 15 is 0 Å². The molecule has 1 unspecified atom stereocenters. The maximum absolute atomic E-state index is 11.8. The number of rotatable bonds is 5. The molecular weight excluding hydrogens is 288 g/mol. The molecule has 0 aliphatic carbocycles. The zero-order chi connectivity index (χ0) is 16.2. The molecule has 1 heterocycles. The van der Waals surface area contributed by atoms with Gasteiger partial charge in [0.2, 0.25) is 5.91 Å². The van der Waals surface area contributed by atoms with Crippen molar-refractivity contribution in [2.75, 3.05) is 16.8 Å². The Balaban J connectivity index is 1.69. The summed E-state index contributed by atoms with van der Waals surface area (Å²) in [7, 11) is 0. The summed E-state index contributed by atoms with van der Waals surface area (Å²) in [5, 5.41) is 12.7. The van der Waals surface area contributed by atoms with Crippen molar-refractivity contribution in [3.05, 3.63) is 59.7 Å². The zero-order valence-corrected chi connectivity index (χ0v) is 13.3. The van der Waals surface area contributed by atoms with Crippen LogP contribution in [-0.2, 0) is 11.4 Å². The van der Waals surface area contributed by atoms with Crippen molar-refractivity contribution >= 4 is 17.3 Å². The van der Waals surface area contributed by atoms with Crippen LogP contribution in [-0.4, -0.2) is 17.6 Å². The number of carbonyl (C=O) groups is 1. The van der Waals surface area contributed by atoms with E-state index in [1.807, 2.05) is 53.4 Å². The smallest absolute Gasteiger partial charge is 0.227 e. The average Bonchev–Trinajstić information content (AvgIpc) is 3.01. The largest absolute Gasteiger partial charge is 0.392 e. The monoisotopic (exact) mass is 310 g/mol. The fourth-order valence-electron chi connectivity index (χ4n) is 2.95. The molecule has 4 nitrogen and oxygen atoms in total. The molecule has 23 heavy (non-hydrogen) atoms. The van der Waals surface area contributed by atoms with Crippen LogP contribution in [0, 0.1) is 0 Å². The first-order valence-electron chi connectivity index (χ1n) is 8.04. The van der Waals surface area contributed by atoms with E-state index in [-0.39, 0.29) is 18.6 Å². The van der Waals surface area contributed by atoms with Crippen molar-refractivity contribution in [3.8, 4) is 0 Å². The minimum absolute atomic E-state index is 0.0547. The Morgan fingerprint density at radius 1 is 1.22 bits per heavy atom. The van der Waals surface area contributed by atoms with Crippen LogP contribution < -0.4 is 10.2 Å². The summed E-state index contributed by atoms with van der Waals surface area (Å²) < 4.78 is 0. The highest BCUT2D eigenvalue weighted by Gasteiger charge is 2.21. The number of aliphatic hydroxyl groups excluding tert-OH is 1. The van der Waals surface area contributed by atoms with Gasteiger partial charge < -0.3 is 15.3 Å². The van der Waals surface area contributed by atoms with Crippen molar-refractivity contribution < 1.29 is 9.90 Å². The van der Waals surface area contributed by atoms with E-state index in [4.69, 9.17) is 0 Å². The molecule has 1 amide bonds. The number of benzene rings is 2. The lowest BCUT2D eigenvalue weighted by Crippen LogP contribution is -2.23. The third-order valence-electron chi connectivity index (χ3n) is 4.27. The summed E-state index contributed by atoms with van der Waals surface area (Å²) in [5.41, 5.74) is 4.03. The summed E-state index contributed by atoms with van der Waals surface area (Å²) in [5.74, 6) is 0.208. The molecule has 0 aromatic heterocycles. The zero-order valence-electron chi connectivity index (χ0n) is 13.3. The number of nitrogens with one attached hydrogen (secondary N) is 1. The highest BCUT2D eigenvalue weighted by Crippen LogP contribution is 2.25. The van der Waals surface area contributed by atoms with Crippen LogP contribution in [0.1, 0.15) is 36.9 Å². The second kappa shape index (κ2) is 6.84. The molecule has 2 N–H and O–H groups in total. The standard InChI is InChI=1S/C19H22N2O2/c1-14(16-5-2-4-15(12-16)13-22)20-17-7-9-18(10-8-17)21-11-3-6-19(21)23/h2,4-5,7-10,12,14,20,22H,3,6,11,13H2,1H3. The van der Waals surface area contributed by atoms with Crippen molar-refractivity contribution in [2.24, 2.45) is 0 Å². The van der Waals surface area contributed by atoms with Gasteiger partial charge in [-0.2, -0.15) is 0 Å². The third kappa shape index (κ3) is 3.54. The highest BCUT2D eigenvalue weighted by atomic mass is 16.3. The van der Waals surface area contributed by atoms with Crippen LogP contribution in [0.2, 0.25) is 0 Å². The van der Waals surface area contributed by atoms with Crippen molar-refractivity contribution in [1.29, 1.82) is 0 Å². The Labute approximate surface area is 136 Å². The van der Waals surface area contributed by atoms with Gasteiger partial charge in [-0.25, -0.2) is 0 Å². The molecule has 1 saturated heterocycles. The number of aliphatic hydroxyl groups is 1. The number of anilines is 2. The molecule has 0 saturated carbocycles. The average molecular weight is 310 g/mol. The minimum atomic E-state index is 0.0547. The first-order valence-corrected chi connectivity index (χ1v) is 8.04. The van der Waals surface area contributed by atoms with E-state index in [0.29, 0.717) is 6.42 Å². The molecule has 2 aromatic rings. The van der Waals surface area contributed by atoms with Gasteiger partial charge in [-0.3, -0.25) is 4.79 Å². The molecular formula is C19H22N2O2. The fourth-order valence-corrected chi connectivity index (χ4v) is 2.95. The molecule has 1 aliphatic heterocycles. The van der Waals surface area contributed by atoms with Gasteiger partial charge >= 0.3 is 0 Å². The van der Waals surface area contributed by atoms with Crippen LogP contribution in [0.15, 0.2) is 48.5 Å². The van der Waals surface area contributed by atoms with Gasteiger partial charge in [0.1, 0.15) is 0 Å². The van der Waals surface area contributed by atoms with E-state index < -0.39 is 0 Å². The predicted molar refractivity (Wildman–Crippen MR) is 92.4 cm³/mol. The molecule has 4 heteroatoms. The molecule has 1 fully saturated rings. The van der Waals surface area contributed by atoms with Crippen molar-refractivity contribution in [2.45, 2.75) is 32.4 Å². The molecule has 1 aliphatic rings. The molecule has 3 rings (SSSR count). The predicted octanol–water partition coefficient (Wildman–Crippen LogP) is 3.48. The first-order chi connectivity index (χ1) is 11.2. The molecule has 1 atom stereocenters.